The maximum absolute atomic E-state index is 11.8. The van der Waals surface area contributed by atoms with E-state index in [1.54, 1.807) is 36.3 Å². The number of hydrogen-bond donors (Lipinski definition) is 1. The van der Waals surface area contributed by atoms with Crippen molar-refractivity contribution < 1.29 is 14.7 Å². The smallest absolute Gasteiger partial charge is 0.328 e. The van der Waals surface area contributed by atoms with Crippen LogP contribution in [0.5, 0.6) is 0 Å². The number of carboxylic acid groups (broad SMARTS) is 1. The second-order valence-corrected chi connectivity index (χ2v) is 3.79. The Morgan fingerprint density at radius 2 is 2.35 bits per heavy atom. The van der Waals surface area contributed by atoms with E-state index in [1.807, 2.05) is 0 Å². The topological polar surface area (TPSA) is 73.2 Å². The largest absolute Gasteiger partial charge is 0.480 e. The highest BCUT2D eigenvalue weighted by molar-refractivity contribution is 6.01. The SMILES string of the molecule is CCC(C(=O)O)N1N=C2C=CC=CN2CC1=O. The number of hydrazone groups is 1. The molecular formula is C11H13N3O3. The minimum atomic E-state index is -1.03. The van der Waals surface area contributed by atoms with Crippen LogP contribution in [0.15, 0.2) is 29.5 Å². The summed E-state index contributed by atoms with van der Waals surface area (Å²) in [6.45, 7) is 1.85. The molecule has 0 spiro atoms. The molecule has 0 radical (unpaired) electrons. The highest BCUT2D eigenvalue weighted by atomic mass is 16.4. The van der Waals surface area contributed by atoms with Gasteiger partial charge in [-0.3, -0.25) is 4.79 Å². The summed E-state index contributed by atoms with van der Waals surface area (Å²) in [5.41, 5.74) is 0. The van der Waals surface area contributed by atoms with Crippen LogP contribution in [-0.2, 0) is 9.59 Å². The van der Waals surface area contributed by atoms with Crippen LogP contribution in [0.25, 0.3) is 0 Å². The molecule has 1 unspecified atom stereocenters. The van der Waals surface area contributed by atoms with Crippen LogP contribution in [0.2, 0.25) is 0 Å². The molecule has 2 heterocycles. The van der Waals surface area contributed by atoms with Gasteiger partial charge in [-0.15, -0.1) is 0 Å². The number of carbonyl (C=O) groups is 2. The summed E-state index contributed by atoms with van der Waals surface area (Å²) in [4.78, 5) is 24.5. The average Bonchev–Trinajstić information content (AvgIpc) is 2.30. The molecule has 2 aliphatic rings. The minimum Gasteiger partial charge on any atom is -0.480 e. The molecule has 0 aromatic carbocycles. The molecular weight excluding hydrogens is 222 g/mol. The zero-order valence-electron chi connectivity index (χ0n) is 9.41. The van der Waals surface area contributed by atoms with Gasteiger partial charge >= 0.3 is 5.97 Å². The quantitative estimate of drug-likeness (QED) is 0.768. The summed E-state index contributed by atoms with van der Waals surface area (Å²) < 4.78 is 0. The van der Waals surface area contributed by atoms with E-state index in [-0.39, 0.29) is 12.5 Å². The van der Waals surface area contributed by atoms with Crippen molar-refractivity contribution in [3.8, 4) is 0 Å². The van der Waals surface area contributed by atoms with Crippen molar-refractivity contribution in [3.63, 3.8) is 0 Å². The van der Waals surface area contributed by atoms with Crippen molar-refractivity contribution >= 4 is 17.7 Å². The third-order valence-corrected chi connectivity index (χ3v) is 2.65. The lowest BCUT2D eigenvalue weighted by atomic mass is 10.2. The Morgan fingerprint density at radius 1 is 1.59 bits per heavy atom. The molecule has 0 bridgehead atoms. The number of allylic oxidation sites excluding steroid dienone is 2. The van der Waals surface area contributed by atoms with E-state index >= 15 is 0 Å². The van der Waals surface area contributed by atoms with Crippen molar-refractivity contribution in [2.24, 2.45) is 5.10 Å². The lowest BCUT2D eigenvalue weighted by Gasteiger charge is -2.33. The highest BCUT2D eigenvalue weighted by Gasteiger charge is 2.33. The molecule has 17 heavy (non-hydrogen) atoms. The van der Waals surface area contributed by atoms with E-state index in [0.29, 0.717) is 12.3 Å². The van der Waals surface area contributed by atoms with Crippen molar-refractivity contribution in [1.29, 1.82) is 0 Å². The molecule has 0 aromatic rings. The molecule has 2 aliphatic heterocycles. The molecule has 0 saturated heterocycles. The fraction of sp³-hybridized carbons (Fsp3) is 0.364. The third kappa shape index (κ3) is 2.06. The van der Waals surface area contributed by atoms with E-state index in [0.717, 1.165) is 5.01 Å². The zero-order valence-corrected chi connectivity index (χ0v) is 9.41. The molecule has 2 rings (SSSR count). The first-order valence-electron chi connectivity index (χ1n) is 5.38. The lowest BCUT2D eigenvalue weighted by Crippen LogP contribution is -2.50. The van der Waals surface area contributed by atoms with Crippen LogP contribution in [0, 0.1) is 0 Å². The summed E-state index contributed by atoms with van der Waals surface area (Å²) in [7, 11) is 0. The molecule has 0 aliphatic carbocycles. The zero-order chi connectivity index (χ0) is 12.4. The molecule has 0 fully saturated rings. The monoisotopic (exact) mass is 235 g/mol. The van der Waals surface area contributed by atoms with Crippen molar-refractivity contribution in [2.45, 2.75) is 19.4 Å². The molecule has 1 atom stereocenters. The highest BCUT2D eigenvalue weighted by Crippen LogP contribution is 2.15. The fourth-order valence-corrected chi connectivity index (χ4v) is 1.77. The first kappa shape index (κ1) is 11.4. The van der Waals surface area contributed by atoms with E-state index < -0.39 is 12.0 Å². The van der Waals surface area contributed by atoms with Gasteiger partial charge in [0, 0.05) is 6.20 Å². The van der Waals surface area contributed by atoms with E-state index in [4.69, 9.17) is 5.11 Å². The Balaban J connectivity index is 2.29. The fourth-order valence-electron chi connectivity index (χ4n) is 1.77. The first-order valence-corrected chi connectivity index (χ1v) is 5.38. The van der Waals surface area contributed by atoms with Crippen LogP contribution < -0.4 is 0 Å². The number of amides is 1. The van der Waals surface area contributed by atoms with E-state index in [2.05, 4.69) is 5.10 Å². The van der Waals surface area contributed by atoms with Gasteiger partial charge in [-0.05, 0) is 18.6 Å². The number of fused-ring (bicyclic) bond motifs is 1. The predicted octanol–water partition coefficient (Wildman–Crippen LogP) is 0.391. The van der Waals surface area contributed by atoms with Gasteiger partial charge in [0.05, 0.1) is 0 Å². The number of hydrogen-bond acceptors (Lipinski definition) is 4. The minimum absolute atomic E-state index is 0.128. The van der Waals surface area contributed by atoms with Gasteiger partial charge in [-0.25, -0.2) is 9.80 Å². The Bertz CT molecular complexity index is 439. The molecule has 0 aromatic heterocycles. The molecule has 6 nitrogen and oxygen atoms in total. The first-order chi connectivity index (χ1) is 8.13. The molecule has 6 heteroatoms. The van der Waals surface area contributed by atoms with Crippen LogP contribution in [0.1, 0.15) is 13.3 Å². The summed E-state index contributed by atoms with van der Waals surface area (Å²) in [6.07, 6.45) is 7.42. The Hall–Kier alpha value is -2.11. The lowest BCUT2D eigenvalue weighted by molar-refractivity contribution is -0.151. The predicted molar refractivity (Wildman–Crippen MR) is 61.0 cm³/mol. The summed E-state index contributed by atoms with van der Waals surface area (Å²) in [6, 6.07) is -0.892. The normalized spacial score (nSPS) is 20.1. The number of carbonyl (C=O) groups excluding carboxylic acids is 1. The molecule has 0 saturated carbocycles. The summed E-state index contributed by atoms with van der Waals surface area (Å²) >= 11 is 0. The van der Waals surface area contributed by atoms with Crippen LogP contribution in [0.4, 0.5) is 0 Å². The summed E-state index contributed by atoms with van der Waals surface area (Å²) in [5, 5.41) is 14.2. The molecule has 1 N–H and O–H groups in total. The van der Waals surface area contributed by atoms with Gasteiger partial charge in [0.25, 0.3) is 5.91 Å². The van der Waals surface area contributed by atoms with Crippen LogP contribution >= 0.6 is 0 Å². The second kappa shape index (κ2) is 4.40. The number of nitrogens with zero attached hydrogens (tertiary/aromatic N) is 3. The maximum Gasteiger partial charge on any atom is 0.328 e. The third-order valence-electron chi connectivity index (χ3n) is 2.65. The standard InChI is InChI=1S/C11H13N3O3/c1-2-8(11(16)17)14-10(15)7-13-6-4-3-5-9(13)12-14/h3-6,8H,2,7H2,1H3,(H,16,17). The molecule has 90 valence electrons. The second-order valence-electron chi connectivity index (χ2n) is 3.79. The number of amidine groups is 1. The maximum atomic E-state index is 11.8. The number of rotatable bonds is 3. The summed E-state index contributed by atoms with van der Waals surface area (Å²) in [5.74, 6) is -0.747. The van der Waals surface area contributed by atoms with Gasteiger partial charge in [0.2, 0.25) is 0 Å². The van der Waals surface area contributed by atoms with E-state index in [9.17, 15) is 9.59 Å². The average molecular weight is 235 g/mol. The van der Waals surface area contributed by atoms with Gasteiger partial charge in [0.1, 0.15) is 6.54 Å². The molecule has 1 amide bonds. The number of carboxylic acids is 1. The van der Waals surface area contributed by atoms with Crippen LogP contribution in [0.3, 0.4) is 0 Å². The van der Waals surface area contributed by atoms with Gasteiger partial charge in [-0.2, -0.15) is 5.10 Å². The Labute approximate surface area is 98.5 Å². The van der Waals surface area contributed by atoms with Crippen molar-refractivity contribution in [3.05, 3.63) is 24.4 Å². The van der Waals surface area contributed by atoms with Gasteiger partial charge in [-0.1, -0.05) is 13.0 Å². The number of aliphatic carboxylic acids is 1. The van der Waals surface area contributed by atoms with Crippen LogP contribution in [-0.4, -0.2) is 45.3 Å². The van der Waals surface area contributed by atoms with Gasteiger partial charge in [0.15, 0.2) is 11.9 Å². The Morgan fingerprint density at radius 3 is 3.00 bits per heavy atom. The van der Waals surface area contributed by atoms with Crippen molar-refractivity contribution in [2.75, 3.05) is 6.54 Å². The van der Waals surface area contributed by atoms with Crippen molar-refractivity contribution in [1.82, 2.24) is 9.91 Å². The van der Waals surface area contributed by atoms with E-state index in [1.165, 1.54) is 0 Å². The Kier molecular flexibility index (Phi) is 2.95. The van der Waals surface area contributed by atoms with Gasteiger partial charge < -0.3 is 10.0 Å².